The lowest BCUT2D eigenvalue weighted by atomic mass is 10.1. The van der Waals surface area contributed by atoms with Gasteiger partial charge in [-0.2, -0.15) is 0 Å². The SMILES string of the molecule is Cc1cc(F)c(C(=O)N2CC(O)C2)cc1F. The van der Waals surface area contributed by atoms with E-state index in [-0.39, 0.29) is 24.2 Å². The number of hydrogen-bond donors (Lipinski definition) is 1. The smallest absolute Gasteiger partial charge is 0.257 e. The molecule has 1 aliphatic rings. The molecule has 0 aromatic heterocycles. The largest absolute Gasteiger partial charge is 0.389 e. The van der Waals surface area contributed by atoms with Gasteiger partial charge in [0.2, 0.25) is 0 Å². The number of carbonyl (C=O) groups excluding carboxylic acids is 1. The van der Waals surface area contributed by atoms with Gasteiger partial charge < -0.3 is 10.0 Å². The molecule has 2 rings (SSSR count). The molecule has 1 amide bonds. The van der Waals surface area contributed by atoms with Crippen LogP contribution in [0.1, 0.15) is 15.9 Å². The summed E-state index contributed by atoms with van der Waals surface area (Å²) in [6.07, 6.45) is -0.553. The third-order valence-electron chi connectivity index (χ3n) is 2.63. The summed E-state index contributed by atoms with van der Waals surface area (Å²) in [6.45, 7) is 1.78. The van der Waals surface area contributed by atoms with Crippen molar-refractivity contribution in [3.63, 3.8) is 0 Å². The van der Waals surface area contributed by atoms with Gasteiger partial charge in [0, 0.05) is 13.1 Å². The van der Waals surface area contributed by atoms with E-state index >= 15 is 0 Å². The number of halogens is 2. The van der Waals surface area contributed by atoms with Crippen molar-refractivity contribution in [3.05, 3.63) is 34.9 Å². The van der Waals surface area contributed by atoms with Gasteiger partial charge in [-0.15, -0.1) is 0 Å². The molecule has 1 fully saturated rings. The number of aliphatic hydroxyl groups excluding tert-OH is 1. The Morgan fingerprint density at radius 3 is 2.56 bits per heavy atom. The standard InChI is InChI=1S/C11H11F2NO2/c1-6-2-10(13)8(3-9(6)12)11(16)14-4-7(15)5-14/h2-3,7,15H,4-5H2,1H3. The van der Waals surface area contributed by atoms with Crippen LogP contribution in [0.3, 0.4) is 0 Å². The summed E-state index contributed by atoms with van der Waals surface area (Å²) in [4.78, 5) is 12.9. The van der Waals surface area contributed by atoms with Gasteiger partial charge in [-0.25, -0.2) is 8.78 Å². The average Bonchev–Trinajstić information content (AvgIpc) is 2.18. The number of amides is 1. The Morgan fingerprint density at radius 2 is 2.00 bits per heavy atom. The average molecular weight is 227 g/mol. The molecule has 0 spiro atoms. The van der Waals surface area contributed by atoms with E-state index < -0.39 is 23.6 Å². The van der Waals surface area contributed by atoms with Crippen molar-refractivity contribution in [2.24, 2.45) is 0 Å². The van der Waals surface area contributed by atoms with Crippen LogP contribution in [0.15, 0.2) is 12.1 Å². The molecule has 1 aliphatic heterocycles. The first kappa shape index (κ1) is 11.0. The molecule has 16 heavy (non-hydrogen) atoms. The Hall–Kier alpha value is -1.49. The summed E-state index contributed by atoms with van der Waals surface area (Å²) < 4.78 is 26.6. The normalized spacial score (nSPS) is 16.1. The van der Waals surface area contributed by atoms with Gasteiger partial charge in [0.05, 0.1) is 11.7 Å². The zero-order valence-corrected chi connectivity index (χ0v) is 8.70. The molecule has 86 valence electrons. The molecule has 3 nitrogen and oxygen atoms in total. The quantitative estimate of drug-likeness (QED) is 0.780. The Balaban J connectivity index is 2.27. The fourth-order valence-electron chi connectivity index (χ4n) is 1.60. The molecule has 1 heterocycles. The zero-order chi connectivity index (χ0) is 11.9. The fourth-order valence-corrected chi connectivity index (χ4v) is 1.60. The molecule has 1 N–H and O–H groups in total. The maximum Gasteiger partial charge on any atom is 0.257 e. The second kappa shape index (κ2) is 3.83. The van der Waals surface area contributed by atoms with Crippen LogP contribution in [0.25, 0.3) is 0 Å². The fraction of sp³-hybridized carbons (Fsp3) is 0.364. The van der Waals surface area contributed by atoms with Crippen LogP contribution < -0.4 is 0 Å². The molecule has 0 bridgehead atoms. The summed E-state index contributed by atoms with van der Waals surface area (Å²) in [5.41, 5.74) is -0.118. The number of rotatable bonds is 1. The molecule has 0 unspecified atom stereocenters. The number of carbonyl (C=O) groups is 1. The molecule has 0 atom stereocenters. The van der Waals surface area contributed by atoms with Gasteiger partial charge in [0.1, 0.15) is 11.6 Å². The van der Waals surface area contributed by atoms with Crippen molar-refractivity contribution in [2.45, 2.75) is 13.0 Å². The van der Waals surface area contributed by atoms with Gasteiger partial charge in [-0.05, 0) is 24.6 Å². The molecular formula is C11H11F2NO2. The van der Waals surface area contributed by atoms with Gasteiger partial charge in [0.15, 0.2) is 0 Å². The Labute approximate surface area is 91.3 Å². The molecule has 0 aliphatic carbocycles. The highest BCUT2D eigenvalue weighted by Crippen LogP contribution is 2.19. The zero-order valence-electron chi connectivity index (χ0n) is 8.70. The summed E-state index contributed by atoms with van der Waals surface area (Å²) in [5.74, 6) is -1.92. The monoisotopic (exact) mass is 227 g/mol. The number of aryl methyl sites for hydroxylation is 1. The highest BCUT2D eigenvalue weighted by molar-refractivity contribution is 5.95. The van der Waals surface area contributed by atoms with Crippen molar-refractivity contribution < 1.29 is 18.7 Å². The van der Waals surface area contributed by atoms with Crippen LogP contribution in [0.2, 0.25) is 0 Å². The first-order valence-electron chi connectivity index (χ1n) is 4.92. The van der Waals surface area contributed by atoms with E-state index in [4.69, 9.17) is 5.11 Å². The predicted molar refractivity (Wildman–Crippen MR) is 53.0 cm³/mol. The maximum absolute atomic E-state index is 13.4. The Kier molecular flexibility index (Phi) is 2.63. The highest BCUT2D eigenvalue weighted by atomic mass is 19.1. The molecule has 0 radical (unpaired) electrons. The van der Waals surface area contributed by atoms with Crippen molar-refractivity contribution in [3.8, 4) is 0 Å². The van der Waals surface area contributed by atoms with Crippen LogP contribution >= 0.6 is 0 Å². The van der Waals surface area contributed by atoms with E-state index in [1.165, 1.54) is 11.8 Å². The minimum Gasteiger partial charge on any atom is -0.389 e. The first-order chi connectivity index (χ1) is 7.49. The minimum absolute atomic E-state index is 0.165. The van der Waals surface area contributed by atoms with Gasteiger partial charge in [-0.1, -0.05) is 0 Å². The number of likely N-dealkylation sites (tertiary alicyclic amines) is 1. The third-order valence-corrected chi connectivity index (χ3v) is 2.63. The van der Waals surface area contributed by atoms with E-state index in [1.54, 1.807) is 0 Å². The number of aliphatic hydroxyl groups is 1. The van der Waals surface area contributed by atoms with Gasteiger partial charge in [-0.3, -0.25) is 4.79 Å². The van der Waals surface area contributed by atoms with E-state index in [2.05, 4.69) is 0 Å². The first-order valence-corrected chi connectivity index (χ1v) is 4.92. The molecule has 1 aromatic carbocycles. The third kappa shape index (κ3) is 1.78. The van der Waals surface area contributed by atoms with Crippen molar-refractivity contribution >= 4 is 5.91 Å². The summed E-state index contributed by atoms with van der Waals surface area (Å²) in [7, 11) is 0. The molecular weight excluding hydrogens is 216 g/mol. The molecule has 5 heteroatoms. The molecule has 1 saturated heterocycles. The van der Waals surface area contributed by atoms with Gasteiger partial charge >= 0.3 is 0 Å². The number of benzene rings is 1. The minimum atomic E-state index is -0.731. The lowest BCUT2D eigenvalue weighted by Gasteiger charge is -2.35. The van der Waals surface area contributed by atoms with Gasteiger partial charge in [0.25, 0.3) is 5.91 Å². The van der Waals surface area contributed by atoms with Crippen LogP contribution in [0.5, 0.6) is 0 Å². The lowest BCUT2D eigenvalue weighted by molar-refractivity contribution is 0.00556. The summed E-state index contributed by atoms with van der Waals surface area (Å²) in [6, 6.07) is 1.90. The molecule has 0 saturated carbocycles. The topological polar surface area (TPSA) is 40.5 Å². The second-order valence-corrected chi connectivity index (χ2v) is 3.95. The summed E-state index contributed by atoms with van der Waals surface area (Å²) in [5, 5.41) is 9.02. The van der Waals surface area contributed by atoms with Crippen LogP contribution in [0, 0.1) is 18.6 Å². The Morgan fingerprint density at radius 1 is 1.38 bits per heavy atom. The predicted octanol–water partition coefficient (Wildman–Crippen LogP) is 1.09. The van der Waals surface area contributed by atoms with Crippen LogP contribution in [0.4, 0.5) is 8.78 Å². The van der Waals surface area contributed by atoms with E-state index in [9.17, 15) is 13.6 Å². The second-order valence-electron chi connectivity index (χ2n) is 3.95. The van der Waals surface area contributed by atoms with Crippen molar-refractivity contribution in [1.82, 2.24) is 4.90 Å². The van der Waals surface area contributed by atoms with E-state index in [0.29, 0.717) is 0 Å². The number of nitrogens with zero attached hydrogens (tertiary/aromatic N) is 1. The van der Waals surface area contributed by atoms with Crippen LogP contribution in [-0.4, -0.2) is 35.1 Å². The summed E-state index contributed by atoms with van der Waals surface area (Å²) >= 11 is 0. The van der Waals surface area contributed by atoms with E-state index in [1.807, 2.05) is 0 Å². The number of hydrogen-bond acceptors (Lipinski definition) is 2. The Bertz CT molecular complexity index is 442. The van der Waals surface area contributed by atoms with Crippen molar-refractivity contribution in [1.29, 1.82) is 0 Å². The maximum atomic E-state index is 13.4. The number of β-amino-alcohol motifs (C(OH)–C–C–N with tert-alkyl or cyclic N) is 1. The lowest BCUT2D eigenvalue weighted by Crippen LogP contribution is -2.53. The van der Waals surface area contributed by atoms with E-state index in [0.717, 1.165) is 12.1 Å². The van der Waals surface area contributed by atoms with Crippen molar-refractivity contribution in [2.75, 3.05) is 13.1 Å². The highest BCUT2D eigenvalue weighted by Gasteiger charge is 2.31. The van der Waals surface area contributed by atoms with Crippen LogP contribution in [-0.2, 0) is 0 Å². The molecule has 1 aromatic rings.